The number of piperazine rings is 1. The van der Waals surface area contributed by atoms with Crippen LogP contribution in [0.25, 0.3) is 28.0 Å². The zero-order chi connectivity index (χ0) is 28.5. The van der Waals surface area contributed by atoms with Crippen LogP contribution in [-0.4, -0.2) is 73.9 Å². The summed E-state index contributed by atoms with van der Waals surface area (Å²) < 4.78 is 7.13. The van der Waals surface area contributed by atoms with E-state index >= 15 is 0 Å². The first-order valence-electron chi connectivity index (χ1n) is 13.0. The SMILES string of the molecule is C=C1CN(C(=O)C(=O)c2c[nH]c3c(-n4ccc(-c5ccccc5)n4)ncc(OC)c23)CCN1C(=O)c1ccccc1. The van der Waals surface area contributed by atoms with Gasteiger partial charge in [0.2, 0.25) is 0 Å². The molecule has 2 aromatic carbocycles. The average molecular weight is 547 g/mol. The Kier molecular flexibility index (Phi) is 6.64. The van der Waals surface area contributed by atoms with Crippen molar-refractivity contribution in [3.63, 3.8) is 0 Å². The number of methoxy groups -OCH3 is 1. The van der Waals surface area contributed by atoms with Crippen molar-refractivity contribution >= 4 is 28.5 Å². The van der Waals surface area contributed by atoms with Gasteiger partial charge in [0, 0.05) is 42.3 Å². The number of rotatable bonds is 6. The minimum Gasteiger partial charge on any atom is -0.494 e. The van der Waals surface area contributed by atoms with Crippen molar-refractivity contribution in [3.05, 3.63) is 109 Å². The minimum absolute atomic E-state index is 0.0605. The standard InChI is InChI=1S/C31H26N6O4/c1-20-19-35(15-16-36(20)30(39)22-11-7-4-8-12-22)31(40)28(38)23-17-32-27-26(23)25(41-2)18-33-29(27)37-14-13-24(34-37)21-9-5-3-6-10-21/h3-14,17-18,32H,1,15-16,19H2,2H3. The molecule has 0 saturated carbocycles. The van der Waals surface area contributed by atoms with Crippen LogP contribution in [0.1, 0.15) is 20.7 Å². The van der Waals surface area contributed by atoms with Gasteiger partial charge in [-0.2, -0.15) is 5.10 Å². The molecule has 0 atom stereocenters. The van der Waals surface area contributed by atoms with E-state index in [-0.39, 0.29) is 31.1 Å². The molecule has 10 nitrogen and oxygen atoms in total. The minimum atomic E-state index is -0.701. The second-order valence-electron chi connectivity index (χ2n) is 9.56. The number of H-pyrrole nitrogens is 1. The van der Waals surface area contributed by atoms with Crippen molar-refractivity contribution in [2.24, 2.45) is 0 Å². The second kappa shape index (κ2) is 10.6. The summed E-state index contributed by atoms with van der Waals surface area (Å²) in [4.78, 5) is 50.4. The first-order valence-corrected chi connectivity index (χ1v) is 13.0. The average Bonchev–Trinajstić information content (AvgIpc) is 3.69. The Hall–Kier alpha value is -5.51. The van der Waals surface area contributed by atoms with Gasteiger partial charge in [-0.15, -0.1) is 0 Å². The van der Waals surface area contributed by atoms with Gasteiger partial charge < -0.3 is 19.5 Å². The lowest BCUT2D eigenvalue weighted by Crippen LogP contribution is -2.50. The van der Waals surface area contributed by atoms with Gasteiger partial charge in [-0.3, -0.25) is 14.4 Å². The van der Waals surface area contributed by atoms with E-state index < -0.39 is 11.7 Å². The maximum Gasteiger partial charge on any atom is 0.295 e. The first-order chi connectivity index (χ1) is 20.0. The van der Waals surface area contributed by atoms with E-state index in [1.165, 1.54) is 24.4 Å². The third-order valence-corrected chi connectivity index (χ3v) is 7.09. The number of nitrogens with zero attached hydrogens (tertiary/aromatic N) is 5. The Morgan fingerprint density at radius 3 is 2.41 bits per heavy atom. The number of Topliss-reactive ketones (excluding diaryl/α,β-unsaturated/α-hetero) is 1. The third-order valence-electron chi connectivity index (χ3n) is 7.09. The van der Waals surface area contributed by atoms with Crippen LogP contribution in [0.2, 0.25) is 0 Å². The number of benzene rings is 2. The fraction of sp³-hybridized carbons (Fsp3) is 0.129. The van der Waals surface area contributed by atoms with Crippen molar-refractivity contribution in [3.8, 4) is 22.8 Å². The highest BCUT2D eigenvalue weighted by molar-refractivity contribution is 6.45. The molecular formula is C31H26N6O4. The highest BCUT2D eigenvalue weighted by atomic mass is 16.5. The molecular weight excluding hydrogens is 520 g/mol. The zero-order valence-electron chi connectivity index (χ0n) is 22.3. The summed E-state index contributed by atoms with van der Waals surface area (Å²) in [5.41, 5.74) is 3.37. The lowest BCUT2D eigenvalue weighted by molar-refractivity contribution is -0.127. The molecule has 10 heteroatoms. The normalized spacial score (nSPS) is 13.4. The summed E-state index contributed by atoms with van der Waals surface area (Å²) in [5, 5.41) is 5.10. The van der Waals surface area contributed by atoms with E-state index in [0.717, 1.165) is 11.3 Å². The number of pyridine rings is 1. The number of carbonyl (C=O) groups excluding carboxylic acids is 3. The number of ketones is 1. The molecule has 0 radical (unpaired) electrons. The molecule has 6 rings (SSSR count). The van der Waals surface area contributed by atoms with Crippen molar-refractivity contribution in [1.82, 2.24) is 29.5 Å². The van der Waals surface area contributed by atoms with Gasteiger partial charge in [-0.1, -0.05) is 55.1 Å². The molecule has 1 aliphatic rings. The highest BCUT2D eigenvalue weighted by Crippen LogP contribution is 2.32. The Labute approximate surface area is 235 Å². The molecule has 0 spiro atoms. The number of aromatic nitrogens is 4. The fourth-order valence-corrected chi connectivity index (χ4v) is 4.99. The number of aromatic amines is 1. The summed E-state index contributed by atoms with van der Waals surface area (Å²) in [5.74, 6) is -0.780. The number of fused-ring (bicyclic) bond motifs is 1. The Balaban J connectivity index is 1.26. The van der Waals surface area contributed by atoms with Crippen LogP contribution in [0.15, 0.2) is 97.6 Å². The monoisotopic (exact) mass is 546 g/mol. The summed E-state index contributed by atoms with van der Waals surface area (Å²) in [6.45, 7) is 4.49. The molecule has 0 aliphatic carbocycles. The number of hydrogen-bond donors (Lipinski definition) is 1. The number of amides is 2. The molecule has 1 saturated heterocycles. The maximum atomic E-state index is 13.5. The van der Waals surface area contributed by atoms with Crippen LogP contribution >= 0.6 is 0 Å². The van der Waals surface area contributed by atoms with Gasteiger partial charge in [-0.05, 0) is 18.2 Å². The van der Waals surface area contributed by atoms with Crippen molar-refractivity contribution in [2.45, 2.75) is 0 Å². The predicted octanol–water partition coefficient (Wildman–Crippen LogP) is 4.11. The van der Waals surface area contributed by atoms with Crippen LogP contribution in [0, 0.1) is 0 Å². The van der Waals surface area contributed by atoms with Gasteiger partial charge >= 0.3 is 0 Å². The second-order valence-corrected chi connectivity index (χ2v) is 9.56. The van der Waals surface area contributed by atoms with Crippen molar-refractivity contribution in [1.29, 1.82) is 0 Å². The van der Waals surface area contributed by atoms with E-state index in [1.807, 2.05) is 42.5 Å². The van der Waals surface area contributed by atoms with Gasteiger partial charge in [-0.25, -0.2) is 9.67 Å². The van der Waals surface area contributed by atoms with Crippen molar-refractivity contribution < 1.29 is 19.1 Å². The molecule has 204 valence electrons. The quantitative estimate of drug-likeness (QED) is 0.253. The molecule has 0 unspecified atom stereocenters. The molecule has 1 N–H and O–H groups in total. The van der Waals surface area contributed by atoms with Gasteiger partial charge in [0.1, 0.15) is 5.75 Å². The number of ether oxygens (including phenoxy) is 1. The smallest absolute Gasteiger partial charge is 0.295 e. The largest absolute Gasteiger partial charge is 0.494 e. The third kappa shape index (κ3) is 4.65. The Morgan fingerprint density at radius 1 is 0.976 bits per heavy atom. The van der Waals surface area contributed by atoms with Crippen molar-refractivity contribution in [2.75, 3.05) is 26.7 Å². The van der Waals surface area contributed by atoms with E-state index in [2.05, 4.69) is 21.6 Å². The van der Waals surface area contributed by atoms with E-state index in [0.29, 0.717) is 33.7 Å². The molecule has 41 heavy (non-hydrogen) atoms. The molecule has 0 bridgehead atoms. The summed E-state index contributed by atoms with van der Waals surface area (Å²) >= 11 is 0. The molecule has 3 aromatic heterocycles. The van der Waals surface area contributed by atoms with Gasteiger partial charge in [0.15, 0.2) is 5.82 Å². The Morgan fingerprint density at radius 2 is 1.71 bits per heavy atom. The van der Waals surface area contributed by atoms with Crippen LogP contribution in [0.4, 0.5) is 0 Å². The molecule has 4 heterocycles. The molecule has 5 aromatic rings. The zero-order valence-corrected chi connectivity index (χ0v) is 22.3. The fourth-order valence-electron chi connectivity index (χ4n) is 4.99. The van der Waals surface area contributed by atoms with E-state index in [4.69, 9.17) is 4.74 Å². The summed E-state index contributed by atoms with van der Waals surface area (Å²) in [7, 11) is 1.48. The molecule has 1 aliphatic heterocycles. The van der Waals surface area contributed by atoms with Crippen LogP contribution < -0.4 is 4.74 Å². The summed E-state index contributed by atoms with van der Waals surface area (Å²) in [6, 6.07) is 20.5. The summed E-state index contributed by atoms with van der Waals surface area (Å²) in [6.07, 6.45) is 4.78. The molecule has 1 fully saturated rings. The predicted molar refractivity (Wildman–Crippen MR) is 153 cm³/mol. The van der Waals surface area contributed by atoms with Crippen LogP contribution in [0.3, 0.4) is 0 Å². The van der Waals surface area contributed by atoms with Gasteiger partial charge in [0.05, 0.1) is 42.0 Å². The number of hydrogen-bond acceptors (Lipinski definition) is 6. The van der Waals surface area contributed by atoms with Crippen LogP contribution in [-0.2, 0) is 4.79 Å². The first kappa shape index (κ1) is 25.8. The number of nitrogens with one attached hydrogen (secondary N) is 1. The topological polar surface area (TPSA) is 113 Å². The molecule has 2 amide bonds. The van der Waals surface area contributed by atoms with E-state index in [1.54, 1.807) is 40.0 Å². The van der Waals surface area contributed by atoms with Crippen LogP contribution in [0.5, 0.6) is 5.75 Å². The highest BCUT2D eigenvalue weighted by Gasteiger charge is 2.33. The maximum absolute atomic E-state index is 13.5. The lowest BCUT2D eigenvalue weighted by Gasteiger charge is -2.36. The van der Waals surface area contributed by atoms with E-state index in [9.17, 15) is 14.4 Å². The Bertz CT molecular complexity index is 1790. The van der Waals surface area contributed by atoms with Gasteiger partial charge in [0.25, 0.3) is 17.6 Å². The number of carbonyl (C=O) groups is 3. The lowest BCUT2D eigenvalue weighted by atomic mass is 10.1.